The summed E-state index contributed by atoms with van der Waals surface area (Å²) in [5.74, 6) is -1.53. The van der Waals surface area contributed by atoms with Crippen molar-refractivity contribution in [3.05, 3.63) is 23.4 Å². The average molecular weight is 290 g/mol. The van der Waals surface area contributed by atoms with Crippen molar-refractivity contribution >= 4 is 11.8 Å². The number of aromatic carboxylic acids is 1. The van der Waals surface area contributed by atoms with Crippen molar-refractivity contribution in [3.63, 3.8) is 0 Å². The number of halogens is 3. The fourth-order valence-corrected chi connectivity index (χ4v) is 1.82. The van der Waals surface area contributed by atoms with Gasteiger partial charge in [-0.2, -0.15) is 13.2 Å². The minimum Gasteiger partial charge on any atom is -0.478 e. The Labute approximate surface area is 115 Å². The molecule has 20 heavy (non-hydrogen) atoms. The van der Waals surface area contributed by atoms with Crippen LogP contribution in [-0.4, -0.2) is 22.1 Å². The number of alkyl halides is 3. The second-order valence-corrected chi connectivity index (χ2v) is 4.43. The maximum atomic E-state index is 12.6. The van der Waals surface area contributed by atoms with Crippen molar-refractivity contribution in [2.45, 2.75) is 45.3 Å². The number of aromatic nitrogens is 1. The largest absolute Gasteiger partial charge is 0.478 e. The fourth-order valence-electron chi connectivity index (χ4n) is 1.82. The first-order valence-electron chi connectivity index (χ1n) is 6.37. The van der Waals surface area contributed by atoms with E-state index < -0.39 is 17.8 Å². The van der Waals surface area contributed by atoms with Crippen LogP contribution >= 0.6 is 0 Å². The smallest absolute Gasteiger partial charge is 0.433 e. The topological polar surface area (TPSA) is 62.2 Å². The molecule has 1 heterocycles. The highest BCUT2D eigenvalue weighted by atomic mass is 19.4. The first-order chi connectivity index (χ1) is 9.29. The molecule has 0 spiro atoms. The van der Waals surface area contributed by atoms with Crippen molar-refractivity contribution in [1.29, 1.82) is 0 Å². The number of rotatable bonds is 6. The van der Waals surface area contributed by atoms with Gasteiger partial charge in [-0.25, -0.2) is 9.78 Å². The van der Waals surface area contributed by atoms with Gasteiger partial charge in [-0.1, -0.05) is 20.3 Å². The van der Waals surface area contributed by atoms with Gasteiger partial charge in [-0.3, -0.25) is 0 Å². The highest BCUT2D eigenvalue weighted by Crippen LogP contribution is 2.30. The normalized spacial score (nSPS) is 13.1. The van der Waals surface area contributed by atoms with Crippen LogP contribution in [0.15, 0.2) is 12.1 Å². The zero-order chi connectivity index (χ0) is 15.3. The van der Waals surface area contributed by atoms with Crippen LogP contribution in [0.1, 0.15) is 49.2 Å². The van der Waals surface area contributed by atoms with Gasteiger partial charge in [-0.15, -0.1) is 0 Å². The van der Waals surface area contributed by atoms with Gasteiger partial charge in [0.15, 0.2) is 0 Å². The lowest BCUT2D eigenvalue weighted by Crippen LogP contribution is -2.22. The third-order valence-electron chi connectivity index (χ3n) is 2.89. The van der Waals surface area contributed by atoms with Crippen molar-refractivity contribution in [3.8, 4) is 0 Å². The number of hydrogen-bond acceptors (Lipinski definition) is 3. The minimum absolute atomic E-state index is 0.103. The summed E-state index contributed by atoms with van der Waals surface area (Å²) in [6.45, 7) is 3.82. The lowest BCUT2D eigenvalue weighted by atomic mass is 10.1. The number of carbonyl (C=O) groups is 1. The minimum atomic E-state index is -4.60. The van der Waals surface area contributed by atoms with Crippen molar-refractivity contribution in [1.82, 2.24) is 4.98 Å². The first kappa shape index (κ1) is 16.3. The van der Waals surface area contributed by atoms with Gasteiger partial charge >= 0.3 is 12.1 Å². The number of nitrogens with one attached hydrogen (secondary N) is 1. The highest BCUT2D eigenvalue weighted by Gasteiger charge is 2.33. The van der Waals surface area contributed by atoms with Gasteiger partial charge in [0.1, 0.15) is 17.1 Å². The third kappa shape index (κ3) is 4.11. The summed E-state index contributed by atoms with van der Waals surface area (Å²) in [6, 6.07) is 1.50. The monoisotopic (exact) mass is 290 g/mol. The summed E-state index contributed by atoms with van der Waals surface area (Å²) < 4.78 is 37.9. The van der Waals surface area contributed by atoms with E-state index >= 15 is 0 Å². The second-order valence-electron chi connectivity index (χ2n) is 4.43. The second kappa shape index (κ2) is 6.58. The van der Waals surface area contributed by atoms with E-state index in [4.69, 9.17) is 5.11 Å². The van der Waals surface area contributed by atoms with E-state index in [1.165, 1.54) is 0 Å². The molecular weight excluding hydrogens is 273 g/mol. The van der Waals surface area contributed by atoms with E-state index in [2.05, 4.69) is 10.3 Å². The Morgan fingerprint density at radius 1 is 1.40 bits per heavy atom. The van der Waals surface area contributed by atoms with Crippen LogP contribution in [0.4, 0.5) is 19.0 Å². The van der Waals surface area contributed by atoms with Crippen LogP contribution in [0, 0.1) is 0 Å². The Hall–Kier alpha value is -1.79. The van der Waals surface area contributed by atoms with Gasteiger partial charge in [0, 0.05) is 6.04 Å². The predicted molar refractivity (Wildman–Crippen MR) is 68.8 cm³/mol. The molecule has 0 saturated heterocycles. The molecule has 0 amide bonds. The number of anilines is 1. The molecule has 4 nitrogen and oxygen atoms in total. The van der Waals surface area contributed by atoms with Gasteiger partial charge < -0.3 is 10.4 Å². The van der Waals surface area contributed by atoms with Crippen molar-refractivity contribution in [2.24, 2.45) is 0 Å². The molecule has 0 aliphatic rings. The van der Waals surface area contributed by atoms with Crippen LogP contribution in [0.25, 0.3) is 0 Å². The molecule has 0 radical (unpaired) electrons. The summed E-state index contributed by atoms with van der Waals surface area (Å²) in [7, 11) is 0. The standard InChI is InChI=1S/C13H17F3N2O2/c1-3-5-8(4-2)17-11-9(12(19)20)6-7-10(18-11)13(14,15)16/h6-8H,3-5H2,1-2H3,(H,17,18)(H,19,20). The third-order valence-corrected chi connectivity index (χ3v) is 2.89. The van der Waals surface area contributed by atoms with Crippen molar-refractivity contribution in [2.75, 3.05) is 5.32 Å². The quantitative estimate of drug-likeness (QED) is 0.836. The summed E-state index contributed by atoms with van der Waals surface area (Å²) in [5, 5.41) is 11.8. The van der Waals surface area contributed by atoms with Gasteiger partial charge in [0.2, 0.25) is 0 Å². The molecule has 0 aromatic carbocycles. The fraction of sp³-hybridized carbons (Fsp3) is 0.538. The van der Waals surface area contributed by atoms with Gasteiger partial charge in [-0.05, 0) is 25.0 Å². The molecule has 0 fully saturated rings. The van der Waals surface area contributed by atoms with Crippen LogP contribution in [0.2, 0.25) is 0 Å². The highest BCUT2D eigenvalue weighted by molar-refractivity contribution is 5.93. The molecule has 112 valence electrons. The molecule has 1 atom stereocenters. The number of carboxylic acids is 1. The van der Waals surface area contributed by atoms with Gasteiger partial charge in [0.05, 0.1) is 0 Å². The van der Waals surface area contributed by atoms with Crippen LogP contribution in [-0.2, 0) is 6.18 Å². The Morgan fingerprint density at radius 2 is 2.05 bits per heavy atom. The lowest BCUT2D eigenvalue weighted by molar-refractivity contribution is -0.141. The molecular formula is C13H17F3N2O2. The molecule has 1 aromatic rings. The zero-order valence-electron chi connectivity index (χ0n) is 11.3. The van der Waals surface area contributed by atoms with E-state index in [-0.39, 0.29) is 17.4 Å². The lowest BCUT2D eigenvalue weighted by Gasteiger charge is -2.19. The van der Waals surface area contributed by atoms with Crippen LogP contribution < -0.4 is 5.32 Å². The predicted octanol–water partition coefficient (Wildman–Crippen LogP) is 3.79. The summed E-state index contributed by atoms with van der Waals surface area (Å²) in [4.78, 5) is 14.5. The van der Waals surface area contributed by atoms with Crippen LogP contribution in [0.3, 0.4) is 0 Å². The van der Waals surface area contributed by atoms with Gasteiger partial charge in [0.25, 0.3) is 0 Å². The first-order valence-corrected chi connectivity index (χ1v) is 6.37. The summed E-state index contributed by atoms with van der Waals surface area (Å²) in [6.07, 6.45) is -2.36. The Kier molecular flexibility index (Phi) is 5.35. The molecule has 1 aromatic heterocycles. The molecule has 0 aliphatic heterocycles. The SMILES string of the molecule is CCCC(CC)Nc1nc(C(F)(F)F)ccc1C(=O)O. The summed E-state index contributed by atoms with van der Waals surface area (Å²) in [5.41, 5.74) is -1.36. The van der Waals surface area contributed by atoms with E-state index in [0.717, 1.165) is 18.9 Å². The Balaban J connectivity index is 3.15. The molecule has 1 unspecified atom stereocenters. The Morgan fingerprint density at radius 3 is 2.50 bits per heavy atom. The van der Waals surface area contributed by atoms with E-state index in [1.54, 1.807) is 0 Å². The average Bonchev–Trinajstić information content (AvgIpc) is 2.36. The van der Waals surface area contributed by atoms with Crippen LogP contribution in [0.5, 0.6) is 0 Å². The number of pyridine rings is 1. The number of carboxylic acid groups (broad SMARTS) is 1. The molecule has 0 saturated carbocycles. The maximum Gasteiger partial charge on any atom is 0.433 e. The van der Waals surface area contributed by atoms with Crippen molar-refractivity contribution < 1.29 is 23.1 Å². The maximum absolute atomic E-state index is 12.6. The summed E-state index contributed by atoms with van der Waals surface area (Å²) >= 11 is 0. The number of nitrogens with zero attached hydrogens (tertiary/aromatic N) is 1. The molecule has 0 bridgehead atoms. The van der Waals surface area contributed by atoms with E-state index in [1.807, 2.05) is 13.8 Å². The van der Waals surface area contributed by atoms with E-state index in [0.29, 0.717) is 12.5 Å². The molecule has 7 heteroatoms. The zero-order valence-corrected chi connectivity index (χ0v) is 11.3. The molecule has 2 N–H and O–H groups in total. The number of hydrogen-bond donors (Lipinski definition) is 2. The van der Waals surface area contributed by atoms with E-state index in [9.17, 15) is 18.0 Å². The molecule has 0 aliphatic carbocycles. The molecule has 1 rings (SSSR count). The Bertz CT molecular complexity index is 475.